The van der Waals surface area contributed by atoms with Crippen LogP contribution in [0.3, 0.4) is 0 Å². The van der Waals surface area contributed by atoms with Crippen LogP contribution in [0.5, 0.6) is 0 Å². The molecular formula is C29H47NO2. The quantitative estimate of drug-likeness (QED) is 0.515. The minimum atomic E-state index is -0.335. The highest BCUT2D eigenvalue weighted by atomic mass is 16.5. The number of aliphatic hydroxyl groups excluding tert-OH is 1. The van der Waals surface area contributed by atoms with Crippen LogP contribution in [0.2, 0.25) is 0 Å². The molecule has 1 N–H and O–H groups in total. The van der Waals surface area contributed by atoms with Gasteiger partial charge in [0.2, 0.25) is 0 Å². The summed E-state index contributed by atoms with van der Waals surface area (Å²) in [4.78, 5) is 2.73. The fraction of sp³-hybridized carbons (Fsp3) is 0.793. The van der Waals surface area contributed by atoms with E-state index in [0.717, 1.165) is 36.7 Å². The first-order valence-electron chi connectivity index (χ1n) is 13.3. The molecule has 1 aliphatic heterocycles. The van der Waals surface area contributed by atoms with Gasteiger partial charge in [0.05, 0.1) is 11.7 Å². The standard InChI is InChI=1S/C29H47NO2/c1-21-22(9-6-11-26(21)31)13-14-23-10-7-18-29(4)24(15-16-25(23)29)17-20-30-19-8-12-27(30)28(2,3)32-5/h13-14,24-27,31H,1,6-12,15-20H2,2-5H3/b22-13-,23-14+/t24-,25?,26+,27?,29?/m1/s1. The SMILES string of the molecule is C=C1/C(=C\C=C2/CCCC3(C)C2CC[C@@H]3CCN2CCCC2C(C)(C)OC)CCC[C@@H]1O. The van der Waals surface area contributed by atoms with E-state index in [1.807, 2.05) is 7.11 Å². The zero-order chi connectivity index (χ0) is 22.9. The first-order chi connectivity index (χ1) is 15.3. The predicted octanol–water partition coefficient (Wildman–Crippen LogP) is 6.44. The van der Waals surface area contributed by atoms with Gasteiger partial charge in [-0.1, -0.05) is 31.2 Å². The van der Waals surface area contributed by atoms with E-state index in [1.54, 1.807) is 5.57 Å². The second kappa shape index (κ2) is 9.76. The predicted molar refractivity (Wildman–Crippen MR) is 134 cm³/mol. The van der Waals surface area contributed by atoms with E-state index in [4.69, 9.17) is 4.74 Å². The van der Waals surface area contributed by atoms with Crippen LogP contribution < -0.4 is 0 Å². The van der Waals surface area contributed by atoms with E-state index < -0.39 is 0 Å². The summed E-state index contributed by atoms with van der Waals surface area (Å²) in [6, 6.07) is 0.560. The molecule has 3 aliphatic carbocycles. The van der Waals surface area contributed by atoms with Crippen molar-refractivity contribution in [1.82, 2.24) is 4.90 Å². The van der Waals surface area contributed by atoms with Crippen molar-refractivity contribution in [2.45, 2.75) is 109 Å². The van der Waals surface area contributed by atoms with Gasteiger partial charge >= 0.3 is 0 Å². The molecular weight excluding hydrogens is 394 g/mol. The van der Waals surface area contributed by atoms with Crippen LogP contribution in [-0.2, 0) is 4.74 Å². The molecule has 0 bridgehead atoms. The van der Waals surface area contributed by atoms with Crippen molar-refractivity contribution in [2.24, 2.45) is 17.3 Å². The Kier molecular flexibility index (Phi) is 7.39. The van der Waals surface area contributed by atoms with Gasteiger partial charge in [-0.2, -0.15) is 0 Å². The smallest absolute Gasteiger partial charge is 0.0787 e. The lowest BCUT2D eigenvalue weighted by molar-refractivity contribution is -0.0421. The number of allylic oxidation sites excluding steroid dienone is 3. The molecule has 1 heterocycles. The first-order valence-corrected chi connectivity index (χ1v) is 13.3. The number of hydrogen-bond acceptors (Lipinski definition) is 3. The van der Waals surface area contributed by atoms with Gasteiger partial charge in [-0.3, -0.25) is 4.90 Å². The number of nitrogens with zero attached hydrogens (tertiary/aromatic N) is 1. The summed E-state index contributed by atoms with van der Waals surface area (Å²) in [5.74, 6) is 1.58. The van der Waals surface area contributed by atoms with E-state index in [9.17, 15) is 5.11 Å². The third kappa shape index (κ3) is 4.68. The summed E-state index contributed by atoms with van der Waals surface area (Å²) in [6.45, 7) is 13.7. The first kappa shape index (κ1) is 24.2. The van der Waals surface area contributed by atoms with E-state index in [2.05, 4.69) is 44.4 Å². The Labute approximate surface area is 197 Å². The molecule has 32 heavy (non-hydrogen) atoms. The fourth-order valence-electron chi connectivity index (χ4n) is 7.59. The number of likely N-dealkylation sites (tertiary alicyclic amines) is 1. The van der Waals surface area contributed by atoms with E-state index in [1.165, 1.54) is 70.0 Å². The third-order valence-corrected chi connectivity index (χ3v) is 9.85. The number of methoxy groups -OCH3 is 1. The maximum Gasteiger partial charge on any atom is 0.0787 e. The maximum absolute atomic E-state index is 10.2. The Morgan fingerprint density at radius 1 is 1.12 bits per heavy atom. The van der Waals surface area contributed by atoms with Crippen LogP contribution in [0.15, 0.2) is 35.5 Å². The van der Waals surface area contributed by atoms with E-state index in [-0.39, 0.29) is 11.7 Å². The minimum Gasteiger partial charge on any atom is -0.388 e. The highest BCUT2D eigenvalue weighted by Gasteiger charge is 2.49. The van der Waals surface area contributed by atoms with Crippen molar-refractivity contribution in [2.75, 3.05) is 20.2 Å². The van der Waals surface area contributed by atoms with Crippen LogP contribution in [0, 0.1) is 17.3 Å². The Bertz CT molecular complexity index is 750. The summed E-state index contributed by atoms with van der Waals surface area (Å²) in [5, 5.41) is 10.2. The largest absolute Gasteiger partial charge is 0.388 e. The molecule has 4 fully saturated rings. The normalized spacial score (nSPS) is 39.2. The molecule has 1 saturated heterocycles. The molecule has 0 spiro atoms. The van der Waals surface area contributed by atoms with Crippen molar-refractivity contribution in [1.29, 1.82) is 0 Å². The number of hydrogen-bond donors (Lipinski definition) is 1. The summed E-state index contributed by atoms with van der Waals surface area (Å²) in [7, 11) is 1.87. The van der Waals surface area contributed by atoms with Crippen LogP contribution in [0.4, 0.5) is 0 Å². The van der Waals surface area contributed by atoms with Gasteiger partial charge in [0.1, 0.15) is 0 Å². The minimum absolute atomic E-state index is 0.0520. The molecule has 0 aromatic heterocycles. The van der Waals surface area contributed by atoms with Crippen LogP contribution in [0.1, 0.15) is 91.4 Å². The van der Waals surface area contributed by atoms with Gasteiger partial charge in [-0.15, -0.1) is 0 Å². The average Bonchev–Trinajstić information content (AvgIpc) is 3.38. The fourth-order valence-corrected chi connectivity index (χ4v) is 7.59. The molecule has 0 amide bonds. The molecule has 180 valence electrons. The van der Waals surface area contributed by atoms with Crippen molar-refractivity contribution in [3.8, 4) is 0 Å². The molecule has 4 aliphatic rings. The highest BCUT2D eigenvalue weighted by molar-refractivity contribution is 5.37. The molecule has 0 aromatic rings. The Morgan fingerprint density at radius 2 is 1.94 bits per heavy atom. The van der Waals surface area contributed by atoms with Crippen molar-refractivity contribution in [3.05, 3.63) is 35.5 Å². The molecule has 3 unspecified atom stereocenters. The molecule has 3 saturated carbocycles. The van der Waals surface area contributed by atoms with E-state index >= 15 is 0 Å². The Morgan fingerprint density at radius 3 is 2.72 bits per heavy atom. The maximum atomic E-state index is 10.2. The molecule has 0 aromatic carbocycles. The zero-order valence-corrected chi connectivity index (χ0v) is 21.2. The summed E-state index contributed by atoms with van der Waals surface area (Å²) < 4.78 is 5.86. The Hall–Kier alpha value is -0.900. The van der Waals surface area contributed by atoms with Crippen molar-refractivity contribution in [3.63, 3.8) is 0 Å². The number of ether oxygens (including phenoxy) is 1. The second-order valence-electron chi connectivity index (χ2n) is 11.8. The third-order valence-electron chi connectivity index (χ3n) is 9.85. The van der Waals surface area contributed by atoms with Gasteiger partial charge in [0.25, 0.3) is 0 Å². The van der Waals surface area contributed by atoms with Crippen LogP contribution in [-0.4, -0.2) is 48.0 Å². The summed E-state index contributed by atoms with van der Waals surface area (Å²) in [5.41, 5.74) is 4.30. The lowest BCUT2D eigenvalue weighted by atomic mass is 9.63. The summed E-state index contributed by atoms with van der Waals surface area (Å²) >= 11 is 0. The lowest BCUT2D eigenvalue weighted by Gasteiger charge is -2.43. The highest BCUT2D eigenvalue weighted by Crippen LogP contribution is 2.58. The van der Waals surface area contributed by atoms with Gasteiger partial charge < -0.3 is 9.84 Å². The van der Waals surface area contributed by atoms with Gasteiger partial charge in [0.15, 0.2) is 0 Å². The average molecular weight is 442 g/mol. The van der Waals surface area contributed by atoms with Gasteiger partial charge in [-0.05, 0) is 126 Å². The monoisotopic (exact) mass is 441 g/mol. The van der Waals surface area contributed by atoms with Gasteiger partial charge in [0, 0.05) is 13.2 Å². The number of rotatable bonds is 6. The molecule has 4 rings (SSSR count). The topological polar surface area (TPSA) is 32.7 Å². The lowest BCUT2D eigenvalue weighted by Crippen LogP contribution is -2.47. The van der Waals surface area contributed by atoms with Gasteiger partial charge in [-0.25, -0.2) is 0 Å². The summed E-state index contributed by atoms with van der Waals surface area (Å²) in [6.07, 6.45) is 18.0. The zero-order valence-electron chi connectivity index (χ0n) is 21.2. The van der Waals surface area contributed by atoms with Crippen LogP contribution in [0.25, 0.3) is 0 Å². The molecule has 0 radical (unpaired) electrons. The molecule has 3 heteroatoms. The van der Waals surface area contributed by atoms with Crippen molar-refractivity contribution >= 4 is 0 Å². The van der Waals surface area contributed by atoms with Crippen LogP contribution >= 0.6 is 0 Å². The molecule has 3 nitrogen and oxygen atoms in total. The number of fused-ring (bicyclic) bond motifs is 1. The van der Waals surface area contributed by atoms with E-state index in [0.29, 0.717) is 11.5 Å². The second-order valence-corrected chi connectivity index (χ2v) is 11.8. The Balaban J connectivity index is 1.42. The molecule has 5 atom stereocenters. The number of aliphatic hydroxyl groups is 1. The van der Waals surface area contributed by atoms with Crippen molar-refractivity contribution < 1.29 is 9.84 Å².